The Bertz CT molecular complexity index is 3390. The van der Waals surface area contributed by atoms with E-state index in [1.807, 2.05) is 6.07 Å². The Kier molecular flexibility index (Phi) is 7.96. The molecule has 0 bridgehead atoms. The van der Waals surface area contributed by atoms with Gasteiger partial charge in [0.1, 0.15) is 11.2 Å². The van der Waals surface area contributed by atoms with Crippen LogP contribution in [0.1, 0.15) is 49.9 Å². The van der Waals surface area contributed by atoms with E-state index in [4.69, 9.17) is 4.42 Å². The second kappa shape index (κ2) is 13.5. The van der Waals surface area contributed by atoms with Gasteiger partial charge in [-0.1, -0.05) is 173 Å². The van der Waals surface area contributed by atoms with E-state index >= 15 is 0 Å². The summed E-state index contributed by atoms with van der Waals surface area (Å²) in [6.07, 6.45) is 0. The van der Waals surface area contributed by atoms with Gasteiger partial charge in [-0.05, 0) is 127 Å². The highest BCUT2D eigenvalue weighted by molar-refractivity contribution is 6.09. The molecule has 2 aliphatic carbocycles. The van der Waals surface area contributed by atoms with Crippen LogP contribution >= 0.6 is 0 Å². The van der Waals surface area contributed by atoms with Gasteiger partial charge in [0.25, 0.3) is 0 Å². The van der Waals surface area contributed by atoms with E-state index in [1.165, 1.54) is 72.3 Å². The van der Waals surface area contributed by atoms with Crippen LogP contribution in [0.25, 0.3) is 77.6 Å². The molecule has 0 unspecified atom stereocenters. The van der Waals surface area contributed by atoms with E-state index in [9.17, 15) is 0 Å². The van der Waals surface area contributed by atoms with E-state index in [2.05, 4.69) is 227 Å². The molecule has 62 heavy (non-hydrogen) atoms. The van der Waals surface area contributed by atoms with Crippen LogP contribution in [0.15, 0.2) is 205 Å². The first-order valence-corrected chi connectivity index (χ1v) is 21.7. The van der Waals surface area contributed by atoms with Gasteiger partial charge in [-0.2, -0.15) is 0 Å². The number of benzene rings is 9. The van der Waals surface area contributed by atoms with E-state index < -0.39 is 0 Å². The van der Waals surface area contributed by atoms with Crippen molar-refractivity contribution in [2.75, 3.05) is 4.90 Å². The molecule has 0 saturated heterocycles. The lowest BCUT2D eigenvalue weighted by atomic mass is 9.81. The number of fused-ring (bicyclic) bond motifs is 9. The Morgan fingerprint density at radius 1 is 0.323 bits per heavy atom. The number of rotatable bonds is 6. The molecule has 0 fully saturated rings. The van der Waals surface area contributed by atoms with E-state index in [0.29, 0.717) is 0 Å². The minimum absolute atomic E-state index is 0.180. The van der Waals surface area contributed by atoms with Gasteiger partial charge in [-0.25, -0.2) is 0 Å². The summed E-state index contributed by atoms with van der Waals surface area (Å²) in [5.41, 5.74) is 22.7. The monoisotopic (exact) mass is 795 g/mol. The van der Waals surface area contributed by atoms with Crippen molar-refractivity contribution in [1.29, 1.82) is 0 Å². The third kappa shape index (κ3) is 5.49. The summed E-state index contributed by atoms with van der Waals surface area (Å²) in [6.45, 7) is 9.52. The highest BCUT2D eigenvalue weighted by Gasteiger charge is 2.38. The predicted octanol–water partition coefficient (Wildman–Crippen LogP) is 16.7. The second-order valence-corrected chi connectivity index (χ2v) is 18.1. The molecule has 0 aliphatic heterocycles. The van der Waals surface area contributed by atoms with Crippen molar-refractivity contribution in [2.24, 2.45) is 0 Å². The third-order valence-electron chi connectivity index (χ3n) is 13.9. The molecule has 10 aromatic rings. The average molecular weight is 796 g/mol. The molecular formula is C60H45NO. The zero-order valence-corrected chi connectivity index (χ0v) is 35.4. The molecule has 0 saturated carbocycles. The van der Waals surface area contributed by atoms with Crippen LogP contribution in [0.4, 0.5) is 17.1 Å². The van der Waals surface area contributed by atoms with E-state index in [1.54, 1.807) is 0 Å². The number of furan rings is 1. The SMILES string of the molecule is CC1(C)c2cc(-c3ccccc3)ccc2-c2ccc(N(c3ccc(-c4ccccc4)cc3)c3ccc4c(c3)C(C)(C)c3cc(-c5cccc6c5oc5ccccc56)ccc3-4)cc21. The Labute approximate surface area is 363 Å². The van der Waals surface area contributed by atoms with Crippen molar-refractivity contribution in [3.8, 4) is 55.6 Å². The predicted molar refractivity (Wildman–Crippen MR) is 260 cm³/mol. The van der Waals surface area contributed by atoms with Gasteiger partial charge in [0.05, 0.1) is 0 Å². The Morgan fingerprint density at radius 2 is 0.758 bits per heavy atom. The first kappa shape index (κ1) is 36.4. The van der Waals surface area contributed by atoms with Crippen LogP contribution < -0.4 is 4.90 Å². The van der Waals surface area contributed by atoms with Crippen molar-refractivity contribution in [2.45, 2.75) is 38.5 Å². The van der Waals surface area contributed by atoms with Gasteiger partial charge >= 0.3 is 0 Å². The Balaban J connectivity index is 0.967. The van der Waals surface area contributed by atoms with Gasteiger partial charge in [-0.15, -0.1) is 0 Å². The average Bonchev–Trinajstić information content (AvgIpc) is 3.89. The quantitative estimate of drug-likeness (QED) is 0.167. The van der Waals surface area contributed by atoms with Gasteiger partial charge in [0, 0.05) is 44.2 Å². The third-order valence-corrected chi connectivity index (χ3v) is 13.9. The maximum absolute atomic E-state index is 6.51. The normalized spacial score (nSPS) is 14.1. The van der Waals surface area contributed by atoms with E-state index in [0.717, 1.165) is 44.6 Å². The zero-order chi connectivity index (χ0) is 41.7. The van der Waals surface area contributed by atoms with Crippen molar-refractivity contribution in [3.05, 3.63) is 222 Å². The lowest BCUT2D eigenvalue weighted by Gasteiger charge is -2.30. The fourth-order valence-corrected chi connectivity index (χ4v) is 10.6. The minimum Gasteiger partial charge on any atom is -0.455 e. The molecule has 0 N–H and O–H groups in total. The smallest absolute Gasteiger partial charge is 0.143 e. The maximum atomic E-state index is 6.51. The molecule has 296 valence electrons. The van der Waals surface area contributed by atoms with Crippen molar-refractivity contribution in [1.82, 2.24) is 0 Å². The van der Waals surface area contributed by atoms with Crippen LogP contribution in [-0.4, -0.2) is 0 Å². The molecule has 2 heteroatoms. The maximum Gasteiger partial charge on any atom is 0.143 e. The molecule has 0 spiro atoms. The molecule has 9 aromatic carbocycles. The van der Waals surface area contributed by atoms with Crippen LogP contribution in [-0.2, 0) is 10.8 Å². The summed E-state index contributed by atoms with van der Waals surface area (Å²) >= 11 is 0. The molecule has 2 aliphatic rings. The van der Waals surface area contributed by atoms with E-state index in [-0.39, 0.29) is 10.8 Å². The fraction of sp³-hybridized carbons (Fsp3) is 0.100. The van der Waals surface area contributed by atoms with Crippen molar-refractivity contribution < 1.29 is 4.42 Å². The zero-order valence-electron chi connectivity index (χ0n) is 35.4. The van der Waals surface area contributed by atoms with Crippen LogP contribution in [0.2, 0.25) is 0 Å². The summed E-state index contributed by atoms with van der Waals surface area (Å²) in [4.78, 5) is 2.45. The fourth-order valence-electron chi connectivity index (χ4n) is 10.6. The number of para-hydroxylation sites is 2. The Hall–Kier alpha value is -7.42. The first-order valence-electron chi connectivity index (χ1n) is 21.7. The summed E-state index contributed by atoms with van der Waals surface area (Å²) < 4.78 is 6.51. The second-order valence-electron chi connectivity index (χ2n) is 18.1. The topological polar surface area (TPSA) is 16.4 Å². The largest absolute Gasteiger partial charge is 0.455 e. The van der Waals surface area contributed by atoms with Crippen molar-refractivity contribution >= 4 is 39.0 Å². The molecule has 2 nitrogen and oxygen atoms in total. The molecule has 0 atom stereocenters. The summed E-state index contributed by atoms with van der Waals surface area (Å²) in [6, 6.07) is 73.5. The highest BCUT2D eigenvalue weighted by atomic mass is 16.3. The van der Waals surface area contributed by atoms with Crippen molar-refractivity contribution in [3.63, 3.8) is 0 Å². The van der Waals surface area contributed by atoms with Crippen LogP contribution in [0.3, 0.4) is 0 Å². The molecule has 1 heterocycles. The first-order chi connectivity index (χ1) is 30.2. The number of anilines is 3. The van der Waals surface area contributed by atoms with Crippen LogP contribution in [0.5, 0.6) is 0 Å². The van der Waals surface area contributed by atoms with Gasteiger partial charge in [0.15, 0.2) is 0 Å². The minimum atomic E-state index is -0.237. The molecule has 0 radical (unpaired) electrons. The van der Waals surface area contributed by atoms with Gasteiger partial charge in [-0.3, -0.25) is 0 Å². The summed E-state index contributed by atoms with van der Waals surface area (Å²) in [5.74, 6) is 0. The number of hydrogen-bond acceptors (Lipinski definition) is 2. The molecule has 0 amide bonds. The van der Waals surface area contributed by atoms with Gasteiger partial charge < -0.3 is 9.32 Å². The summed E-state index contributed by atoms with van der Waals surface area (Å²) in [5, 5.41) is 2.30. The van der Waals surface area contributed by atoms with Crippen LogP contribution in [0, 0.1) is 0 Å². The number of nitrogens with zero attached hydrogens (tertiary/aromatic N) is 1. The lowest BCUT2D eigenvalue weighted by Crippen LogP contribution is -2.18. The number of hydrogen-bond donors (Lipinski definition) is 0. The Morgan fingerprint density at radius 3 is 1.37 bits per heavy atom. The lowest BCUT2D eigenvalue weighted by molar-refractivity contribution is 0.660. The molecular weight excluding hydrogens is 751 g/mol. The standard InChI is InChI=1S/C60H45NO/c1-59(2)53-34-41(39-16-9-6-10-17-39)24-30-47(53)49-32-28-44(36-55(49)59)61(43-26-22-40(23-27-43)38-14-7-5-8-15-38)45-29-33-50-48-31-25-42(35-54(48)60(3,4)56(50)37-45)46-19-13-20-52-51-18-11-12-21-57(51)62-58(46)52/h5-37H,1-4H3. The molecule has 12 rings (SSSR count). The molecule has 1 aromatic heterocycles. The van der Waals surface area contributed by atoms with Gasteiger partial charge in [0.2, 0.25) is 0 Å². The summed E-state index contributed by atoms with van der Waals surface area (Å²) in [7, 11) is 0. The highest BCUT2D eigenvalue weighted by Crippen LogP contribution is 2.54.